The van der Waals surface area contributed by atoms with Gasteiger partial charge in [0.2, 0.25) is 0 Å². The molecule has 0 aromatic carbocycles. The van der Waals surface area contributed by atoms with Gasteiger partial charge in [0, 0.05) is 31.4 Å². The lowest BCUT2D eigenvalue weighted by atomic mass is 10.2. The molecule has 1 aliphatic heterocycles. The number of hydrogen-bond donors (Lipinski definition) is 0. The van der Waals surface area contributed by atoms with Crippen molar-refractivity contribution in [2.75, 3.05) is 32.1 Å². The molecule has 1 aliphatic rings. The zero-order valence-corrected chi connectivity index (χ0v) is 9.48. The van der Waals surface area contributed by atoms with E-state index >= 15 is 0 Å². The van der Waals surface area contributed by atoms with Crippen LogP contribution in [0.15, 0.2) is 18.3 Å². The third kappa shape index (κ3) is 2.48. The van der Waals surface area contributed by atoms with Crippen molar-refractivity contribution in [3.8, 4) is 0 Å². The zero-order chi connectivity index (χ0) is 10.7. The first-order chi connectivity index (χ1) is 7.27. The number of rotatable bonds is 3. The minimum absolute atomic E-state index is 0.620. The number of pyridine rings is 1. The zero-order valence-electron chi connectivity index (χ0n) is 9.48. The highest BCUT2D eigenvalue weighted by Gasteiger charge is 2.25. The minimum atomic E-state index is 0.620. The van der Waals surface area contributed by atoms with Crippen LogP contribution in [0, 0.1) is 6.07 Å². The van der Waals surface area contributed by atoms with Gasteiger partial charge < -0.3 is 9.80 Å². The highest BCUT2D eigenvalue weighted by Crippen LogP contribution is 2.23. The average Bonchev–Trinajstić information content (AvgIpc) is 2.66. The van der Waals surface area contributed by atoms with Gasteiger partial charge >= 0.3 is 0 Å². The predicted octanol–water partition coefficient (Wildman–Crippen LogP) is 1.41. The summed E-state index contributed by atoms with van der Waals surface area (Å²) >= 11 is 0. The molecule has 0 aliphatic carbocycles. The molecule has 0 amide bonds. The molecule has 3 nitrogen and oxygen atoms in total. The quantitative estimate of drug-likeness (QED) is 0.742. The van der Waals surface area contributed by atoms with Gasteiger partial charge in [0.15, 0.2) is 0 Å². The summed E-state index contributed by atoms with van der Waals surface area (Å²) in [4.78, 5) is 9.03. The molecular weight excluding hydrogens is 186 g/mol. The molecule has 1 radical (unpaired) electrons. The van der Waals surface area contributed by atoms with Crippen molar-refractivity contribution >= 4 is 5.82 Å². The molecule has 1 aromatic heterocycles. The van der Waals surface area contributed by atoms with E-state index in [1.165, 1.54) is 12.8 Å². The van der Waals surface area contributed by atoms with E-state index < -0.39 is 0 Å². The summed E-state index contributed by atoms with van der Waals surface area (Å²) in [5.74, 6) is 1.10. The summed E-state index contributed by atoms with van der Waals surface area (Å²) in [7, 11) is 4.26. The summed E-state index contributed by atoms with van der Waals surface area (Å²) in [6, 6.07) is 7.57. The smallest absolute Gasteiger partial charge is 0.128 e. The number of anilines is 1. The Morgan fingerprint density at radius 2 is 2.47 bits per heavy atom. The molecule has 1 aromatic rings. The van der Waals surface area contributed by atoms with Crippen LogP contribution in [0.3, 0.4) is 0 Å². The van der Waals surface area contributed by atoms with E-state index in [0.29, 0.717) is 6.04 Å². The van der Waals surface area contributed by atoms with Crippen molar-refractivity contribution in [1.82, 2.24) is 9.88 Å². The normalized spacial score (nSPS) is 21.3. The highest BCUT2D eigenvalue weighted by atomic mass is 15.3. The second-order valence-corrected chi connectivity index (χ2v) is 4.37. The van der Waals surface area contributed by atoms with Gasteiger partial charge in [-0.15, -0.1) is 0 Å². The Morgan fingerprint density at radius 1 is 1.60 bits per heavy atom. The summed E-state index contributed by atoms with van der Waals surface area (Å²) in [5.41, 5.74) is 0. The van der Waals surface area contributed by atoms with Crippen LogP contribution in [0.4, 0.5) is 5.82 Å². The summed E-state index contributed by atoms with van der Waals surface area (Å²) < 4.78 is 0. The van der Waals surface area contributed by atoms with Gasteiger partial charge in [-0.25, -0.2) is 4.98 Å². The lowest BCUT2D eigenvalue weighted by Crippen LogP contribution is -2.37. The van der Waals surface area contributed by atoms with E-state index in [0.717, 1.165) is 18.9 Å². The molecule has 1 atom stereocenters. The fourth-order valence-electron chi connectivity index (χ4n) is 2.23. The topological polar surface area (TPSA) is 19.4 Å². The van der Waals surface area contributed by atoms with E-state index in [2.05, 4.69) is 34.9 Å². The van der Waals surface area contributed by atoms with Crippen LogP contribution in [0.25, 0.3) is 0 Å². The first kappa shape index (κ1) is 10.4. The van der Waals surface area contributed by atoms with Gasteiger partial charge in [-0.2, -0.15) is 0 Å². The predicted molar refractivity (Wildman–Crippen MR) is 62.0 cm³/mol. The van der Waals surface area contributed by atoms with Crippen LogP contribution < -0.4 is 4.90 Å². The number of nitrogens with zero attached hydrogens (tertiary/aromatic N) is 3. The Morgan fingerprint density at radius 3 is 3.13 bits per heavy atom. The molecule has 2 rings (SSSR count). The fourth-order valence-corrected chi connectivity index (χ4v) is 2.23. The van der Waals surface area contributed by atoms with Crippen molar-refractivity contribution in [2.24, 2.45) is 0 Å². The molecule has 3 heteroatoms. The molecule has 0 saturated carbocycles. The van der Waals surface area contributed by atoms with Crippen molar-refractivity contribution in [2.45, 2.75) is 18.9 Å². The van der Waals surface area contributed by atoms with Crippen LogP contribution in [-0.2, 0) is 0 Å². The van der Waals surface area contributed by atoms with Crippen LogP contribution in [-0.4, -0.2) is 43.1 Å². The molecule has 0 spiro atoms. The van der Waals surface area contributed by atoms with E-state index in [4.69, 9.17) is 0 Å². The van der Waals surface area contributed by atoms with E-state index in [1.54, 1.807) is 6.20 Å². The monoisotopic (exact) mass is 204 g/mol. The molecule has 0 unspecified atom stereocenters. The largest absolute Gasteiger partial charge is 0.352 e. The molecule has 1 saturated heterocycles. The highest BCUT2D eigenvalue weighted by molar-refractivity contribution is 5.40. The Hall–Kier alpha value is -1.09. The summed E-state index contributed by atoms with van der Waals surface area (Å²) in [6.45, 7) is 2.25. The van der Waals surface area contributed by atoms with Crippen molar-refractivity contribution in [3.05, 3.63) is 24.4 Å². The van der Waals surface area contributed by atoms with Crippen molar-refractivity contribution < 1.29 is 0 Å². The summed E-state index contributed by atoms with van der Waals surface area (Å²) in [6.07, 6.45) is 4.30. The second-order valence-electron chi connectivity index (χ2n) is 4.37. The van der Waals surface area contributed by atoms with E-state index in [1.807, 2.05) is 12.1 Å². The maximum atomic E-state index is 4.37. The Balaban J connectivity index is 2.08. The Kier molecular flexibility index (Phi) is 3.21. The first-order valence-corrected chi connectivity index (χ1v) is 5.51. The fraction of sp³-hybridized carbons (Fsp3) is 0.583. The summed E-state index contributed by atoms with van der Waals surface area (Å²) in [5, 5.41) is 0. The van der Waals surface area contributed by atoms with Crippen LogP contribution in [0.2, 0.25) is 0 Å². The van der Waals surface area contributed by atoms with Gasteiger partial charge in [0.05, 0.1) is 0 Å². The average molecular weight is 204 g/mol. The van der Waals surface area contributed by atoms with E-state index in [-0.39, 0.29) is 0 Å². The van der Waals surface area contributed by atoms with Crippen molar-refractivity contribution in [1.29, 1.82) is 0 Å². The van der Waals surface area contributed by atoms with Crippen LogP contribution in [0.5, 0.6) is 0 Å². The number of hydrogen-bond acceptors (Lipinski definition) is 3. The lowest BCUT2D eigenvalue weighted by Gasteiger charge is -2.27. The van der Waals surface area contributed by atoms with Gasteiger partial charge in [0.25, 0.3) is 0 Å². The molecule has 15 heavy (non-hydrogen) atoms. The second kappa shape index (κ2) is 4.62. The molecule has 2 heterocycles. The maximum absolute atomic E-state index is 4.37. The van der Waals surface area contributed by atoms with Gasteiger partial charge in [-0.1, -0.05) is 0 Å². The number of likely N-dealkylation sites (N-methyl/N-ethyl adjacent to an activating group) is 1. The molecule has 0 N–H and O–H groups in total. The maximum Gasteiger partial charge on any atom is 0.128 e. The third-order valence-electron chi connectivity index (χ3n) is 2.85. The first-order valence-electron chi connectivity index (χ1n) is 5.51. The SMILES string of the molecule is CN(C)C[C@@H]1CCCN1c1cc[c]cn1. The molecule has 0 bridgehead atoms. The Bertz CT molecular complexity index is 297. The van der Waals surface area contributed by atoms with Gasteiger partial charge in [-0.05, 0) is 39.1 Å². The van der Waals surface area contributed by atoms with Crippen molar-refractivity contribution in [3.63, 3.8) is 0 Å². The minimum Gasteiger partial charge on any atom is -0.352 e. The Labute approximate surface area is 91.7 Å². The lowest BCUT2D eigenvalue weighted by molar-refractivity contribution is 0.371. The third-order valence-corrected chi connectivity index (χ3v) is 2.85. The van der Waals surface area contributed by atoms with E-state index in [9.17, 15) is 0 Å². The van der Waals surface area contributed by atoms with Gasteiger partial charge in [0.1, 0.15) is 5.82 Å². The molecule has 1 fully saturated rings. The number of aromatic nitrogens is 1. The van der Waals surface area contributed by atoms with Gasteiger partial charge in [-0.3, -0.25) is 0 Å². The molecular formula is C12H18N3. The van der Waals surface area contributed by atoms with Crippen LogP contribution in [0.1, 0.15) is 12.8 Å². The standard InChI is InChI=1S/C12H18N3/c1-14(2)10-11-6-5-9-15(11)12-7-3-4-8-13-12/h3,7-8,11H,5-6,9-10H2,1-2H3/t11-/m0/s1. The van der Waals surface area contributed by atoms with Crippen LogP contribution >= 0.6 is 0 Å². The molecule has 81 valence electrons.